The van der Waals surface area contributed by atoms with E-state index in [1.807, 2.05) is 85.9 Å². The molecule has 24 heavy (non-hydrogen) atoms. The van der Waals surface area contributed by atoms with Crippen molar-refractivity contribution in [3.05, 3.63) is 90.0 Å². The Morgan fingerprint density at radius 2 is 1.50 bits per heavy atom. The summed E-state index contributed by atoms with van der Waals surface area (Å²) in [7, 11) is 1.99. The van der Waals surface area contributed by atoms with Crippen molar-refractivity contribution in [2.75, 3.05) is 11.9 Å². The van der Waals surface area contributed by atoms with Crippen molar-refractivity contribution >= 4 is 11.4 Å². The van der Waals surface area contributed by atoms with Crippen molar-refractivity contribution in [2.24, 2.45) is 0 Å². The molecular formula is C21H21NO2. The maximum absolute atomic E-state index is 9.49. The zero-order chi connectivity index (χ0) is 16.8. The molecule has 0 amide bonds. The first-order chi connectivity index (χ1) is 11.8. The van der Waals surface area contributed by atoms with Crippen molar-refractivity contribution in [3.8, 4) is 5.75 Å². The second kappa shape index (κ2) is 7.66. The predicted molar refractivity (Wildman–Crippen MR) is 97.6 cm³/mol. The largest absolute Gasteiger partial charge is 0.489 e. The molecule has 3 rings (SSSR count). The molecule has 0 aliphatic heterocycles. The van der Waals surface area contributed by atoms with Crippen LogP contribution in [0.5, 0.6) is 5.75 Å². The smallest absolute Gasteiger partial charge is 0.119 e. The van der Waals surface area contributed by atoms with Gasteiger partial charge in [0.05, 0.1) is 6.61 Å². The zero-order valence-electron chi connectivity index (χ0n) is 13.7. The van der Waals surface area contributed by atoms with Crippen molar-refractivity contribution < 1.29 is 9.84 Å². The van der Waals surface area contributed by atoms with Gasteiger partial charge in [0.2, 0.25) is 0 Å². The standard InChI is InChI=1S/C21H21NO2/c1-22(21-10-6-5-9-18(21)15-23)19-11-13-20(14-12-19)24-16-17-7-3-2-4-8-17/h2-14,23H,15-16H2,1H3. The molecule has 3 aromatic rings. The number of para-hydroxylation sites is 1. The molecule has 1 N–H and O–H groups in total. The van der Waals surface area contributed by atoms with Crippen LogP contribution in [0.15, 0.2) is 78.9 Å². The molecule has 0 heterocycles. The molecule has 3 aromatic carbocycles. The maximum Gasteiger partial charge on any atom is 0.119 e. The molecule has 0 spiro atoms. The van der Waals surface area contributed by atoms with Crippen molar-refractivity contribution in [3.63, 3.8) is 0 Å². The monoisotopic (exact) mass is 319 g/mol. The lowest BCUT2D eigenvalue weighted by atomic mass is 10.1. The number of nitrogens with zero attached hydrogens (tertiary/aromatic N) is 1. The molecule has 0 saturated carbocycles. The van der Waals surface area contributed by atoms with Crippen LogP contribution < -0.4 is 9.64 Å². The molecule has 0 saturated heterocycles. The SMILES string of the molecule is CN(c1ccc(OCc2ccccc2)cc1)c1ccccc1CO. The quantitative estimate of drug-likeness (QED) is 0.725. The number of hydrogen-bond donors (Lipinski definition) is 1. The van der Waals surface area contributed by atoms with E-state index in [9.17, 15) is 5.11 Å². The highest BCUT2D eigenvalue weighted by Gasteiger charge is 2.08. The number of anilines is 2. The molecule has 122 valence electrons. The summed E-state index contributed by atoms with van der Waals surface area (Å²) in [5.41, 5.74) is 4.10. The first-order valence-corrected chi connectivity index (χ1v) is 7.97. The Labute approximate surface area is 142 Å². The molecular weight excluding hydrogens is 298 g/mol. The Bertz CT molecular complexity index is 769. The summed E-state index contributed by atoms with van der Waals surface area (Å²) in [5.74, 6) is 0.839. The summed E-state index contributed by atoms with van der Waals surface area (Å²) in [6.07, 6.45) is 0. The van der Waals surface area contributed by atoms with Crippen molar-refractivity contribution in [1.82, 2.24) is 0 Å². The van der Waals surface area contributed by atoms with E-state index in [0.717, 1.165) is 28.3 Å². The molecule has 0 bridgehead atoms. The Balaban J connectivity index is 1.70. The third-order valence-corrected chi connectivity index (χ3v) is 4.00. The van der Waals surface area contributed by atoms with Gasteiger partial charge in [-0.15, -0.1) is 0 Å². The second-order valence-electron chi connectivity index (χ2n) is 5.61. The molecule has 3 heteroatoms. The van der Waals surface area contributed by atoms with E-state index in [0.29, 0.717) is 6.61 Å². The maximum atomic E-state index is 9.49. The lowest BCUT2D eigenvalue weighted by molar-refractivity contribution is 0.282. The van der Waals surface area contributed by atoms with Crippen LogP contribution in [0.1, 0.15) is 11.1 Å². The number of benzene rings is 3. The third-order valence-electron chi connectivity index (χ3n) is 4.00. The molecule has 0 atom stereocenters. The minimum Gasteiger partial charge on any atom is -0.489 e. The first kappa shape index (κ1) is 16.1. The number of rotatable bonds is 6. The fraction of sp³-hybridized carbons (Fsp3) is 0.143. The number of ether oxygens (including phenoxy) is 1. The molecule has 0 radical (unpaired) electrons. The van der Waals surface area contributed by atoms with Gasteiger partial charge >= 0.3 is 0 Å². The van der Waals surface area contributed by atoms with Crippen LogP contribution in [0, 0.1) is 0 Å². The highest BCUT2D eigenvalue weighted by molar-refractivity contribution is 5.66. The van der Waals surface area contributed by atoms with E-state index >= 15 is 0 Å². The van der Waals surface area contributed by atoms with Gasteiger partial charge in [0.25, 0.3) is 0 Å². The summed E-state index contributed by atoms with van der Waals surface area (Å²) in [4.78, 5) is 2.06. The fourth-order valence-electron chi connectivity index (χ4n) is 2.62. The second-order valence-corrected chi connectivity index (χ2v) is 5.61. The average Bonchev–Trinajstić information content (AvgIpc) is 2.67. The van der Waals surface area contributed by atoms with Crippen LogP contribution in [-0.4, -0.2) is 12.2 Å². The van der Waals surface area contributed by atoms with Crippen molar-refractivity contribution in [1.29, 1.82) is 0 Å². The third kappa shape index (κ3) is 3.76. The number of aliphatic hydroxyl groups is 1. The van der Waals surface area contributed by atoms with Crippen LogP contribution in [0.2, 0.25) is 0 Å². The summed E-state index contributed by atoms with van der Waals surface area (Å²) in [6.45, 7) is 0.585. The zero-order valence-corrected chi connectivity index (χ0v) is 13.7. The summed E-state index contributed by atoms with van der Waals surface area (Å²) in [6, 6.07) is 25.9. The van der Waals surface area contributed by atoms with E-state index in [-0.39, 0.29) is 6.61 Å². The van der Waals surface area contributed by atoms with Gasteiger partial charge in [0.1, 0.15) is 12.4 Å². The van der Waals surface area contributed by atoms with Gasteiger partial charge in [-0.25, -0.2) is 0 Å². The van der Waals surface area contributed by atoms with Gasteiger partial charge < -0.3 is 14.7 Å². The van der Waals surface area contributed by atoms with E-state index in [2.05, 4.69) is 4.90 Å². The predicted octanol–water partition coefficient (Wildman–Crippen LogP) is 4.53. The van der Waals surface area contributed by atoms with Gasteiger partial charge in [-0.1, -0.05) is 48.5 Å². The summed E-state index contributed by atoms with van der Waals surface area (Å²) in [5, 5.41) is 9.49. The topological polar surface area (TPSA) is 32.7 Å². The fourth-order valence-corrected chi connectivity index (χ4v) is 2.62. The molecule has 0 aromatic heterocycles. The van der Waals surface area contributed by atoms with Gasteiger partial charge in [-0.2, -0.15) is 0 Å². The molecule has 0 aliphatic carbocycles. The Morgan fingerprint density at radius 1 is 0.833 bits per heavy atom. The lowest BCUT2D eigenvalue weighted by Crippen LogP contribution is -2.11. The van der Waals surface area contributed by atoms with Gasteiger partial charge in [-0.05, 0) is 35.9 Å². The Morgan fingerprint density at radius 3 is 2.21 bits per heavy atom. The Hall–Kier alpha value is -2.78. The number of hydrogen-bond acceptors (Lipinski definition) is 3. The molecule has 0 fully saturated rings. The lowest BCUT2D eigenvalue weighted by Gasteiger charge is -2.22. The minimum absolute atomic E-state index is 0.0266. The summed E-state index contributed by atoms with van der Waals surface area (Å²) >= 11 is 0. The van der Waals surface area contributed by atoms with E-state index in [4.69, 9.17) is 4.74 Å². The van der Waals surface area contributed by atoms with Crippen molar-refractivity contribution in [2.45, 2.75) is 13.2 Å². The van der Waals surface area contributed by atoms with Crippen LogP contribution in [0.4, 0.5) is 11.4 Å². The molecule has 0 aliphatic rings. The van der Waals surface area contributed by atoms with E-state index in [1.165, 1.54) is 0 Å². The number of aliphatic hydroxyl groups excluding tert-OH is 1. The highest BCUT2D eigenvalue weighted by atomic mass is 16.5. The molecule has 3 nitrogen and oxygen atoms in total. The Kier molecular flexibility index (Phi) is 5.14. The van der Waals surface area contributed by atoms with Gasteiger partial charge in [0, 0.05) is 24.0 Å². The van der Waals surface area contributed by atoms with Crippen LogP contribution in [-0.2, 0) is 13.2 Å². The van der Waals surface area contributed by atoms with Gasteiger partial charge in [-0.3, -0.25) is 0 Å². The van der Waals surface area contributed by atoms with E-state index in [1.54, 1.807) is 0 Å². The van der Waals surface area contributed by atoms with Crippen LogP contribution in [0.3, 0.4) is 0 Å². The average molecular weight is 319 g/mol. The first-order valence-electron chi connectivity index (χ1n) is 7.97. The summed E-state index contributed by atoms with van der Waals surface area (Å²) < 4.78 is 5.82. The van der Waals surface area contributed by atoms with Crippen LogP contribution in [0.25, 0.3) is 0 Å². The normalized spacial score (nSPS) is 10.4. The van der Waals surface area contributed by atoms with Gasteiger partial charge in [0.15, 0.2) is 0 Å². The highest BCUT2D eigenvalue weighted by Crippen LogP contribution is 2.28. The van der Waals surface area contributed by atoms with E-state index < -0.39 is 0 Å². The minimum atomic E-state index is 0.0266. The van der Waals surface area contributed by atoms with Crippen LogP contribution >= 0.6 is 0 Å². The molecule has 0 unspecified atom stereocenters.